The van der Waals surface area contributed by atoms with Crippen molar-refractivity contribution >= 4 is 27.9 Å². The van der Waals surface area contributed by atoms with Crippen LogP contribution < -0.4 is 5.73 Å². The number of aromatic nitrogens is 1. The van der Waals surface area contributed by atoms with E-state index < -0.39 is 0 Å². The molecule has 2 N–H and O–H groups in total. The molecule has 1 heterocycles. The minimum Gasteiger partial charge on any atom is -0.399 e. The Bertz CT molecular complexity index is 472. The molecule has 5 heteroatoms. The number of benzene rings is 1. The number of hydrogen-bond acceptors (Lipinski definition) is 5. The van der Waals surface area contributed by atoms with E-state index in [9.17, 15) is 0 Å². The zero-order valence-electron chi connectivity index (χ0n) is 8.21. The summed E-state index contributed by atoms with van der Waals surface area (Å²) >= 11 is 1.34. The maximum atomic E-state index is 5.56. The summed E-state index contributed by atoms with van der Waals surface area (Å²) in [4.78, 5) is 0. The lowest BCUT2D eigenvalue weighted by Crippen LogP contribution is -1.80. The van der Waals surface area contributed by atoms with E-state index in [1.807, 2.05) is 25.1 Å². The summed E-state index contributed by atoms with van der Waals surface area (Å²) in [5.74, 6) is 0. The lowest BCUT2D eigenvalue weighted by Gasteiger charge is -1.92. The average molecular weight is 218 g/mol. The summed E-state index contributed by atoms with van der Waals surface area (Å²) in [6.07, 6.45) is 0. The fourth-order valence-corrected chi connectivity index (χ4v) is 1.64. The highest BCUT2D eigenvalue weighted by Gasteiger charge is 1.95. The Morgan fingerprint density at radius 2 is 1.93 bits per heavy atom. The topological polar surface area (TPSA) is 63.6 Å². The molecular formula is C10H10N4S. The van der Waals surface area contributed by atoms with E-state index in [4.69, 9.17) is 5.73 Å². The monoisotopic (exact) mass is 218 g/mol. The van der Waals surface area contributed by atoms with Gasteiger partial charge in [-0.2, -0.15) is 4.37 Å². The Kier molecular flexibility index (Phi) is 2.73. The van der Waals surface area contributed by atoms with Crippen molar-refractivity contribution in [1.82, 2.24) is 4.37 Å². The van der Waals surface area contributed by atoms with Gasteiger partial charge in [0.15, 0.2) is 5.00 Å². The van der Waals surface area contributed by atoms with E-state index in [-0.39, 0.29) is 0 Å². The Hall–Kier alpha value is -1.75. The molecule has 1 aromatic carbocycles. The molecule has 0 fully saturated rings. The molecule has 0 bridgehead atoms. The Morgan fingerprint density at radius 3 is 2.53 bits per heavy atom. The molecule has 1 aromatic heterocycles. The number of azo groups is 1. The Balaban J connectivity index is 2.14. The molecule has 2 rings (SSSR count). The molecule has 0 spiro atoms. The van der Waals surface area contributed by atoms with Crippen molar-refractivity contribution in [2.45, 2.75) is 6.92 Å². The second-order valence-electron chi connectivity index (χ2n) is 3.10. The molecule has 0 aliphatic carbocycles. The van der Waals surface area contributed by atoms with Crippen LogP contribution in [0.25, 0.3) is 0 Å². The van der Waals surface area contributed by atoms with E-state index in [1.54, 1.807) is 12.1 Å². The second kappa shape index (κ2) is 4.18. The van der Waals surface area contributed by atoms with E-state index >= 15 is 0 Å². The number of hydrogen-bond donors (Lipinski definition) is 1. The number of nitrogens with zero attached hydrogens (tertiary/aromatic N) is 3. The van der Waals surface area contributed by atoms with Crippen LogP contribution in [0.3, 0.4) is 0 Å². The molecule has 15 heavy (non-hydrogen) atoms. The molecule has 0 saturated carbocycles. The van der Waals surface area contributed by atoms with Gasteiger partial charge >= 0.3 is 0 Å². The highest BCUT2D eigenvalue weighted by molar-refractivity contribution is 7.09. The lowest BCUT2D eigenvalue weighted by atomic mass is 10.3. The lowest BCUT2D eigenvalue weighted by molar-refractivity contribution is 1.25. The first-order valence-electron chi connectivity index (χ1n) is 4.44. The zero-order valence-corrected chi connectivity index (χ0v) is 9.03. The highest BCUT2D eigenvalue weighted by Crippen LogP contribution is 2.23. The highest BCUT2D eigenvalue weighted by atomic mass is 32.1. The molecule has 2 aromatic rings. The van der Waals surface area contributed by atoms with Crippen molar-refractivity contribution in [1.29, 1.82) is 0 Å². The minimum atomic E-state index is 0.725. The summed E-state index contributed by atoms with van der Waals surface area (Å²) < 4.78 is 4.11. The van der Waals surface area contributed by atoms with Crippen molar-refractivity contribution < 1.29 is 0 Å². The van der Waals surface area contributed by atoms with Crippen LogP contribution in [0, 0.1) is 6.92 Å². The predicted octanol–water partition coefficient (Wildman–Crippen LogP) is 3.45. The van der Waals surface area contributed by atoms with Gasteiger partial charge in [0.2, 0.25) is 0 Å². The van der Waals surface area contributed by atoms with Gasteiger partial charge in [-0.15, -0.1) is 10.2 Å². The third kappa shape index (κ3) is 2.60. The van der Waals surface area contributed by atoms with Crippen LogP contribution in [0.5, 0.6) is 0 Å². The molecular weight excluding hydrogens is 208 g/mol. The van der Waals surface area contributed by atoms with Crippen LogP contribution in [-0.2, 0) is 0 Å². The number of nitrogen functional groups attached to an aromatic ring is 1. The first-order valence-corrected chi connectivity index (χ1v) is 5.22. The van der Waals surface area contributed by atoms with Gasteiger partial charge in [-0.1, -0.05) is 0 Å². The molecule has 0 saturated heterocycles. The van der Waals surface area contributed by atoms with E-state index in [0.29, 0.717) is 0 Å². The van der Waals surface area contributed by atoms with Crippen LogP contribution in [0.1, 0.15) is 5.69 Å². The summed E-state index contributed by atoms with van der Waals surface area (Å²) in [6.45, 7) is 1.93. The molecule has 0 aliphatic rings. The maximum absolute atomic E-state index is 5.56. The van der Waals surface area contributed by atoms with E-state index in [1.165, 1.54) is 11.5 Å². The van der Waals surface area contributed by atoms with Crippen LogP contribution in [-0.4, -0.2) is 4.37 Å². The zero-order chi connectivity index (χ0) is 10.7. The van der Waals surface area contributed by atoms with Gasteiger partial charge < -0.3 is 5.73 Å². The SMILES string of the molecule is Cc1cc(/N=N/c2ccc(N)cc2)sn1. The summed E-state index contributed by atoms with van der Waals surface area (Å²) in [5, 5.41) is 8.95. The molecule has 0 unspecified atom stereocenters. The van der Waals surface area contributed by atoms with Gasteiger partial charge in [-0.25, -0.2) is 0 Å². The smallest absolute Gasteiger partial charge is 0.159 e. The summed E-state index contributed by atoms with van der Waals surface area (Å²) in [7, 11) is 0. The normalized spacial score (nSPS) is 11.0. The third-order valence-corrected chi connectivity index (χ3v) is 2.54. The fourth-order valence-electron chi connectivity index (χ4n) is 1.05. The molecule has 0 aliphatic heterocycles. The largest absolute Gasteiger partial charge is 0.399 e. The van der Waals surface area contributed by atoms with Gasteiger partial charge in [0.05, 0.1) is 11.4 Å². The standard InChI is InChI=1S/C10H10N4S/c1-7-6-10(15-14-7)13-12-9-4-2-8(11)3-5-9/h2-6H,11H2,1H3/b13-12+. The van der Waals surface area contributed by atoms with Crippen molar-refractivity contribution in [2.75, 3.05) is 5.73 Å². The number of aryl methyl sites for hydroxylation is 1. The predicted molar refractivity (Wildman–Crippen MR) is 61.9 cm³/mol. The number of anilines is 1. The first kappa shape index (κ1) is 9.79. The van der Waals surface area contributed by atoms with Crippen molar-refractivity contribution in [3.8, 4) is 0 Å². The van der Waals surface area contributed by atoms with Crippen molar-refractivity contribution in [3.05, 3.63) is 36.0 Å². The van der Waals surface area contributed by atoms with Crippen LogP contribution in [0.4, 0.5) is 16.4 Å². The summed E-state index contributed by atoms with van der Waals surface area (Å²) in [6, 6.07) is 9.14. The van der Waals surface area contributed by atoms with Crippen LogP contribution in [0.2, 0.25) is 0 Å². The molecule has 0 amide bonds. The van der Waals surface area contributed by atoms with Gasteiger partial charge in [0.25, 0.3) is 0 Å². The van der Waals surface area contributed by atoms with Crippen molar-refractivity contribution in [3.63, 3.8) is 0 Å². The molecule has 0 radical (unpaired) electrons. The molecule has 4 nitrogen and oxygen atoms in total. The Labute approximate surface area is 91.6 Å². The maximum Gasteiger partial charge on any atom is 0.159 e. The van der Waals surface area contributed by atoms with Crippen LogP contribution >= 0.6 is 11.5 Å². The fraction of sp³-hybridized carbons (Fsp3) is 0.100. The quantitative estimate of drug-likeness (QED) is 0.619. The van der Waals surface area contributed by atoms with E-state index in [0.717, 1.165) is 22.1 Å². The van der Waals surface area contributed by atoms with Gasteiger partial charge in [-0.05, 0) is 48.8 Å². The summed E-state index contributed by atoms with van der Waals surface area (Å²) in [5.41, 5.74) is 8.03. The minimum absolute atomic E-state index is 0.725. The van der Waals surface area contributed by atoms with Gasteiger partial charge in [-0.3, -0.25) is 0 Å². The Morgan fingerprint density at radius 1 is 1.20 bits per heavy atom. The average Bonchev–Trinajstić information content (AvgIpc) is 2.64. The first-order chi connectivity index (χ1) is 7.24. The van der Waals surface area contributed by atoms with Gasteiger partial charge in [0, 0.05) is 5.69 Å². The van der Waals surface area contributed by atoms with E-state index in [2.05, 4.69) is 14.6 Å². The number of rotatable bonds is 2. The third-order valence-electron chi connectivity index (χ3n) is 1.77. The van der Waals surface area contributed by atoms with Gasteiger partial charge in [0.1, 0.15) is 0 Å². The molecule has 76 valence electrons. The molecule has 0 atom stereocenters. The van der Waals surface area contributed by atoms with Crippen LogP contribution in [0.15, 0.2) is 40.6 Å². The second-order valence-corrected chi connectivity index (χ2v) is 3.88. The number of nitrogens with two attached hydrogens (primary N) is 1. The van der Waals surface area contributed by atoms with Crippen molar-refractivity contribution in [2.24, 2.45) is 10.2 Å².